The first-order valence-electron chi connectivity index (χ1n) is 4.57. The van der Waals surface area contributed by atoms with Crippen LogP contribution in [0.3, 0.4) is 0 Å². The van der Waals surface area contributed by atoms with Gasteiger partial charge in [-0.2, -0.15) is 26.3 Å². The number of hydrogen-bond donors (Lipinski definition) is 1. The Morgan fingerprint density at radius 1 is 1.11 bits per heavy atom. The Balaban J connectivity index is 2.97. The van der Waals surface area contributed by atoms with Gasteiger partial charge in [-0.15, -0.1) is 0 Å². The summed E-state index contributed by atoms with van der Waals surface area (Å²) in [5.74, 6) is -0.624. The van der Waals surface area contributed by atoms with Crippen LogP contribution in [0, 0.1) is 0 Å². The quantitative estimate of drug-likeness (QED) is 0.860. The highest BCUT2D eigenvalue weighted by Gasteiger charge is 2.59. The number of nitrogens with one attached hydrogen (secondary N) is 1. The van der Waals surface area contributed by atoms with Gasteiger partial charge >= 0.3 is 12.4 Å². The van der Waals surface area contributed by atoms with E-state index in [4.69, 9.17) is 0 Å². The maximum absolute atomic E-state index is 12.2. The van der Waals surface area contributed by atoms with E-state index >= 15 is 0 Å². The molecule has 1 heterocycles. The first-order valence-corrected chi connectivity index (χ1v) is 4.57. The van der Waals surface area contributed by atoms with E-state index in [9.17, 15) is 26.3 Å². The Bertz CT molecular complexity index is 389. The van der Waals surface area contributed by atoms with Crippen LogP contribution in [0.4, 0.5) is 32.0 Å². The Labute approximate surface area is 97.8 Å². The molecule has 9 heteroatoms. The minimum atomic E-state index is -5.55. The maximum atomic E-state index is 12.2. The number of rotatable bonds is 3. The van der Waals surface area contributed by atoms with Gasteiger partial charge in [-0.3, -0.25) is 4.98 Å². The van der Waals surface area contributed by atoms with Gasteiger partial charge in [0.15, 0.2) is 0 Å². The molecule has 0 spiro atoms. The second-order valence-electron chi connectivity index (χ2n) is 3.24. The maximum Gasteiger partial charge on any atom is 0.434 e. The van der Waals surface area contributed by atoms with E-state index in [2.05, 4.69) is 15.0 Å². The van der Waals surface area contributed by atoms with E-state index in [0.717, 1.165) is 12.3 Å². The van der Waals surface area contributed by atoms with Gasteiger partial charge in [0, 0.05) is 13.1 Å². The zero-order valence-corrected chi connectivity index (χ0v) is 8.93. The number of anilines is 1. The van der Waals surface area contributed by atoms with E-state index < -0.39 is 24.2 Å². The summed E-state index contributed by atoms with van der Waals surface area (Å²) >= 11 is 0. The average molecular weight is 274 g/mol. The number of alkyl halides is 6. The molecule has 102 valence electrons. The number of pyridine rings is 1. The van der Waals surface area contributed by atoms with Crippen molar-refractivity contribution in [1.29, 1.82) is 0 Å². The number of nitrogens with zero attached hydrogens (tertiary/aromatic N) is 1. The molecule has 18 heavy (non-hydrogen) atoms. The summed E-state index contributed by atoms with van der Waals surface area (Å²) in [6.07, 6.45) is -13.0. The summed E-state index contributed by atoms with van der Waals surface area (Å²) in [5, 5.41) is 2.51. The second-order valence-corrected chi connectivity index (χ2v) is 3.24. The fourth-order valence-electron chi connectivity index (χ4n) is 1.08. The molecule has 0 aliphatic rings. The minimum absolute atomic E-state index is 0.232. The van der Waals surface area contributed by atoms with Gasteiger partial charge in [-0.25, -0.2) is 0 Å². The Hall–Kier alpha value is -1.67. The van der Waals surface area contributed by atoms with E-state index in [1.54, 1.807) is 0 Å². The van der Waals surface area contributed by atoms with Crippen molar-refractivity contribution in [3.8, 4) is 5.75 Å². The zero-order valence-electron chi connectivity index (χ0n) is 8.93. The molecule has 0 amide bonds. The lowest BCUT2D eigenvalue weighted by molar-refractivity contribution is -0.299. The van der Waals surface area contributed by atoms with Crippen molar-refractivity contribution in [1.82, 2.24) is 4.98 Å². The van der Waals surface area contributed by atoms with Crippen molar-refractivity contribution < 1.29 is 31.1 Å². The van der Waals surface area contributed by atoms with Crippen LogP contribution < -0.4 is 10.1 Å². The Kier molecular flexibility index (Phi) is 3.92. The predicted molar refractivity (Wildman–Crippen MR) is 50.3 cm³/mol. The van der Waals surface area contributed by atoms with Gasteiger partial charge in [-0.05, 0) is 0 Å². The molecular formula is C9H8F6N2O. The third-order valence-electron chi connectivity index (χ3n) is 1.85. The highest BCUT2D eigenvalue weighted by atomic mass is 19.4. The molecule has 0 unspecified atom stereocenters. The number of halogens is 6. The Morgan fingerprint density at radius 2 is 1.67 bits per heavy atom. The van der Waals surface area contributed by atoms with Gasteiger partial charge in [0.2, 0.25) is 0 Å². The lowest BCUT2D eigenvalue weighted by Crippen LogP contribution is -2.46. The lowest BCUT2D eigenvalue weighted by Gasteiger charge is -2.23. The lowest BCUT2D eigenvalue weighted by atomic mass is 10.3. The first kappa shape index (κ1) is 14.4. The van der Waals surface area contributed by atoms with Crippen molar-refractivity contribution in [2.45, 2.75) is 18.5 Å². The average Bonchev–Trinajstić information content (AvgIpc) is 2.23. The minimum Gasteiger partial charge on any atom is -0.470 e. The van der Waals surface area contributed by atoms with Gasteiger partial charge in [0.25, 0.3) is 6.10 Å². The highest BCUT2D eigenvalue weighted by Crippen LogP contribution is 2.36. The molecule has 3 nitrogen and oxygen atoms in total. The van der Waals surface area contributed by atoms with Crippen LogP contribution in [0.15, 0.2) is 18.5 Å². The Morgan fingerprint density at radius 3 is 2.11 bits per heavy atom. The molecular weight excluding hydrogens is 266 g/mol. The van der Waals surface area contributed by atoms with E-state index in [-0.39, 0.29) is 5.69 Å². The highest BCUT2D eigenvalue weighted by molar-refractivity contribution is 5.44. The van der Waals surface area contributed by atoms with Crippen molar-refractivity contribution in [3.05, 3.63) is 18.5 Å². The van der Waals surface area contributed by atoms with E-state index in [0.29, 0.717) is 0 Å². The van der Waals surface area contributed by atoms with Crippen LogP contribution in [0.5, 0.6) is 5.75 Å². The summed E-state index contributed by atoms with van der Waals surface area (Å²) in [4.78, 5) is 3.45. The molecule has 0 aliphatic heterocycles. The van der Waals surface area contributed by atoms with Crippen LogP contribution in [-0.4, -0.2) is 30.5 Å². The number of aromatic nitrogens is 1. The largest absolute Gasteiger partial charge is 0.470 e. The van der Waals surface area contributed by atoms with Crippen LogP contribution in [0.25, 0.3) is 0 Å². The number of ether oxygens (including phenoxy) is 1. The van der Waals surface area contributed by atoms with Crippen molar-refractivity contribution in [2.24, 2.45) is 0 Å². The molecule has 0 atom stereocenters. The van der Waals surface area contributed by atoms with Gasteiger partial charge in [0.05, 0.1) is 18.1 Å². The van der Waals surface area contributed by atoms with Gasteiger partial charge < -0.3 is 10.1 Å². The summed E-state index contributed by atoms with van der Waals surface area (Å²) < 4.78 is 77.2. The van der Waals surface area contributed by atoms with Crippen molar-refractivity contribution in [3.63, 3.8) is 0 Å². The van der Waals surface area contributed by atoms with Crippen LogP contribution in [0.2, 0.25) is 0 Å². The van der Waals surface area contributed by atoms with Gasteiger partial charge in [0.1, 0.15) is 5.75 Å². The zero-order chi connectivity index (χ0) is 14.0. The molecule has 1 rings (SSSR count). The first-order chi connectivity index (χ1) is 8.14. The third kappa shape index (κ3) is 3.67. The van der Waals surface area contributed by atoms with Crippen molar-refractivity contribution >= 4 is 5.69 Å². The summed E-state index contributed by atoms with van der Waals surface area (Å²) in [6, 6.07) is 0.984. The molecule has 0 aromatic carbocycles. The number of hydrogen-bond acceptors (Lipinski definition) is 3. The molecule has 1 N–H and O–H groups in total. The van der Waals surface area contributed by atoms with Crippen LogP contribution in [0.1, 0.15) is 0 Å². The fraction of sp³-hybridized carbons (Fsp3) is 0.444. The fourth-order valence-corrected chi connectivity index (χ4v) is 1.08. The SMILES string of the molecule is CNc1cncc(OC(C(F)(F)F)C(F)(F)F)c1. The van der Waals surface area contributed by atoms with E-state index in [1.165, 1.54) is 13.2 Å². The molecule has 0 bridgehead atoms. The van der Waals surface area contributed by atoms with Gasteiger partial charge in [-0.1, -0.05) is 0 Å². The normalized spacial score (nSPS) is 12.7. The molecule has 0 aliphatic carbocycles. The smallest absolute Gasteiger partial charge is 0.434 e. The molecule has 0 fully saturated rings. The van der Waals surface area contributed by atoms with E-state index in [1.807, 2.05) is 0 Å². The van der Waals surface area contributed by atoms with Crippen LogP contribution in [-0.2, 0) is 0 Å². The standard InChI is InChI=1S/C9H8F6N2O/c1-16-5-2-6(4-17-3-5)18-7(8(10,11)12)9(13,14)15/h2-4,7,16H,1H3. The topological polar surface area (TPSA) is 34.2 Å². The molecule has 0 saturated heterocycles. The summed E-state index contributed by atoms with van der Waals surface area (Å²) in [5.41, 5.74) is 0.232. The van der Waals surface area contributed by atoms with Crippen molar-refractivity contribution in [2.75, 3.05) is 12.4 Å². The second kappa shape index (κ2) is 4.91. The third-order valence-corrected chi connectivity index (χ3v) is 1.85. The monoisotopic (exact) mass is 274 g/mol. The molecule has 0 radical (unpaired) electrons. The predicted octanol–water partition coefficient (Wildman–Crippen LogP) is 3.00. The molecule has 1 aromatic rings. The molecule has 1 aromatic heterocycles. The van der Waals surface area contributed by atoms with Crippen LogP contribution >= 0.6 is 0 Å². The summed E-state index contributed by atoms with van der Waals surface area (Å²) in [7, 11) is 1.44. The molecule has 0 saturated carbocycles. The summed E-state index contributed by atoms with van der Waals surface area (Å²) in [6.45, 7) is 0.